The van der Waals surface area contributed by atoms with Gasteiger partial charge in [-0.15, -0.1) is 6.58 Å². The van der Waals surface area contributed by atoms with Crippen molar-refractivity contribution in [2.75, 3.05) is 12.3 Å². The molecule has 2 aromatic rings. The summed E-state index contributed by atoms with van der Waals surface area (Å²) >= 11 is 0. The third kappa shape index (κ3) is 3.51. The van der Waals surface area contributed by atoms with Crippen molar-refractivity contribution in [1.29, 1.82) is 0 Å². The summed E-state index contributed by atoms with van der Waals surface area (Å²) in [5.41, 5.74) is 7.46. The van der Waals surface area contributed by atoms with Crippen molar-refractivity contribution in [3.8, 4) is 17.5 Å². The van der Waals surface area contributed by atoms with Gasteiger partial charge in [-0.3, -0.25) is 0 Å². The molecule has 1 heterocycles. The van der Waals surface area contributed by atoms with Gasteiger partial charge in [0.2, 0.25) is 11.8 Å². The van der Waals surface area contributed by atoms with Crippen LogP contribution in [0.2, 0.25) is 0 Å². The summed E-state index contributed by atoms with van der Waals surface area (Å²) in [5.74, 6) is 1.76. The summed E-state index contributed by atoms with van der Waals surface area (Å²) < 4.78 is 11.2. The number of anilines is 1. The van der Waals surface area contributed by atoms with Gasteiger partial charge in [-0.05, 0) is 31.5 Å². The molecule has 0 spiro atoms. The van der Waals surface area contributed by atoms with E-state index in [0.717, 1.165) is 11.3 Å². The van der Waals surface area contributed by atoms with Crippen LogP contribution in [-0.2, 0) is 6.42 Å². The van der Waals surface area contributed by atoms with Crippen LogP contribution >= 0.6 is 0 Å². The second kappa shape index (κ2) is 6.61. The first-order chi connectivity index (χ1) is 9.72. The molecule has 20 heavy (non-hydrogen) atoms. The fourth-order valence-electron chi connectivity index (χ4n) is 1.81. The standard InChI is InChI=1S/C16H18N2O2/c1-3-6-12-11-13(17)9-10-14(12)20-16-8-5-7-15(18-16)19-4-2/h3,5,7-11H,1,4,6,17H2,2H3. The molecule has 4 nitrogen and oxygen atoms in total. The number of aromatic nitrogens is 1. The van der Waals surface area contributed by atoms with Crippen LogP contribution < -0.4 is 15.2 Å². The molecule has 0 radical (unpaired) electrons. The van der Waals surface area contributed by atoms with Gasteiger partial charge >= 0.3 is 0 Å². The highest BCUT2D eigenvalue weighted by Crippen LogP contribution is 2.27. The Morgan fingerprint density at radius 2 is 2.05 bits per heavy atom. The van der Waals surface area contributed by atoms with E-state index >= 15 is 0 Å². The average Bonchev–Trinajstić information content (AvgIpc) is 2.43. The molecule has 0 unspecified atom stereocenters. The molecule has 1 aromatic carbocycles. The van der Waals surface area contributed by atoms with Gasteiger partial charge in [-0.1, -0.05) is 12.1 Å². The van der Waals surface area contributed by atoms with Crippen molar-refractivity contribution >= 4 is 5.69 Å². The van der Waals surface area contributed by atoms with Crippen molar-refractivity contribution in [3.05, 3.63) is 54.6 Å². The molecule has 0 aliphatic carbocycles. The highest BCUT2D eigenvalue weighted by Gasteiger charge is 2.06. The normalized spacial score (nSPS) is 10.1. The molecule has 4 heteroatoms. The lowest BCUT2D eigenvalue weighted by atomic mass is 10.1. The van der Waals surface area contributed by atoms with Crippen molar-refractivity contribution in [2.24, 2.45) is 0 Å². The number of rotatable bonds is 6. The molecular formula is C16H18N2O2. The third-order valence-corrected chi connectivity index (χ3v) is 2.65. The minimum atomic E-state index is 0.492. The molecule has 104 valence electrons. The number of allylic oxidation sites excluding steroid dienone is 1. The van der Waals surface area contributed by atoms with E-state index in [1.807, 2.05) is 31.2 Å². The maximum atomic E-state index is 5.81. The lowest BCUT2D eigenvalue weighted by Gasteiger charge is -2.11. The van der Waals surface area contributed by atoms with Crippen LogP contribution in [0.15, 0.2) is 49.1 Å². The van der Waals surface area contributed by atoms with E-state index in [0.29, 0.717) is 30.5 Å². The first-order valence-electron chi connectivity index (χ1n) is 6.50. The Morgan fingerprint density at radius 3 is 2.80 bits per heavy atom. The van der Waals surface area contributed by atoms with Crippen LogP contribution in [0.25, 0.3) is 0 Å². The number of ether oxygens (including phenoxy) is 2. The maximum absolute atomic E-state index is 5.81. The Balaban J connectivity index is 2.24. The van der Waals surface area contributed by atoms with Crippen LogP contribution in [0.5, 0.6) is 17.5 Å². The zero-order chi connectivity index (χ0) is 14.4. The van der Waals surface area contributed by atoms with Gasteiger partial charge in [0.25, 0.3) is 0 Å². The van der Waals surface area contributed by atoms with E-state index in [9.17, 15) is 0 Å². The van der Waals surface area contributed by atoms with E-state index in [-0.39, 0.29) is 0 Å². The fourth-order valence-corrected chi connectivity index (χ4v) is 1.81. The minimum absolute atomic E-state index is 0.492. The van der Waals surface area contributed by atoms with Crippen LogP contribution in [0.1, 0.15) is 12.5 Å². The Kier molecular flexibility index (Phi) is 4.60. The van der Waals surface area contributed by atoms with Crippen LogP contribution in [0.3, 0.4) is 0 Å². The Hall–Kier alpha value is -2.49. The predicted molar refractivity (Wildman–Crippen MR) is 80.2 cm³/mol. The highest BCUT2D eigenvalue weighted by atomic mass is 16.5. The largest absolute Gasteiger partial charge is 0.478 e. The second-order valence-electron chi connectivity index (χ2n) is 4.21. The van der Waals surface area contributed by atoms with Gasteiger partial charge in [-0.2, -0.15) is 4.98 Å². The van der Waals surface area contributed by atoms with Gasteiger partial charge in [0.15, 0.2) is 0 Å². The Morgan fingerprint density at radius 1 is 1.25 bits per heavy atom. The predicted octanol–water partition coefficient (Wildman–Crippen LogP) is 3.58. The smallest absolute Gasteiger partial charge is 0.222 e. The summed E-state index contributed by atoms with van der Waals surface area (Å²) in [7, 11) is 0. The first kappa shape index (κ1) is 13.9. The van der Waals surface area contributed by atoms with Crippen LogP contribution in [-0.4, -0.2) is 11.6 Å². The molecule has 0 fully saturated rings. The van der Waals surface area contributed by atoms with Gasteiger partial charge < -0.3 is 15.2 Å². The average molecular weight is 270 g/mol. The number of nitrogens with two attached hydrogens (primary N) is 1. The molecule has 2 N–H and O–H groups in total. The Bertz CT molecular complexity index is 597. The quantitative estimate of drug-likeness (QED) is 0.644. The molecule has 0 atom stereocenters. The molecule has 0 saturated heterocycles. The van der Waals surface area contributed by atoms with Gasteiger partial charge in [0, 0.05) is 23.4 Å². The fraction of sp³-hybridized carbons (Fsp3) is 0.188. The maximum Gasteiger partial charge on any atom is 0.222 e. The second-order valence-corrected chi connectivity index (χ2v) is 4.21. The molecule has 2 rings (SSSR count). The molecule has 0 aliphatic heterocycles. The number of pyridine rings is 1. The highest BCUT2D eigenvalue weighted by molar-refractivity contribution is 5.49. The Labute approximate surface area is 118 Å². The van der Waals surface area contributed by atoms with Gasteiger partial charge in [0.05, 0.1) is 6.61 Å². The number of hydrogen-bond acceptors (Lipinski definition) is 4. The lowest BCUT2D eigenvalue weighted by Crippen LogP contribution is -1.97. The van der Waals surface area contributed by atoms with E-state index in [2.05, 4.69) is 11.6 Å². The summed E-state index contributed by atoms with van der Waals surface area (Å²) in [6.07, 6.45) is 2.50. The SMILES string of the molecule is C=CCc1cc(N)ccc1Oc1cccc(OCC)n1. The van der Waals surface area contributed by atoms with Crippen LogP contribution in [0.4, 0.5) is 5.69 Å². The minimum Gasteiger partial charge on any atom is -0.478 e. The van der Waals surface area contributed by atoms with Gasteiger partial charge in [-0.25, -0.2) is 0 Å². The van der Waals surface area contributed by atoms with Crippen LogP contribution in [0, 0.1) is 0 Å². The topological polar surface area (TPSA) is 57.4 Å². The van der Waals surface area contributed by atoms with E-state index in [4.69, 9.17) is 15.2 Å². The third-order valence-electron chi connectivity index (χ3n) is 2.65. The first-order valence-corrected chi connectivity index (χ1v) is 6.50. The molecule has 0 amide bonds. The van der Waals surface area contributed by atoms with E-state index < -0.39 is 0 Å². The number of nitrogens with zero attached hydrogens (tertiary/aromatic N) is 1. The summed E-state index contributed by atoms with van der Waals surface area (Å²) in [6, 6.07) is 10.9. The lowest BCUT2D eigenvalue weighted by molar-refractivity contribution is 0.321. The zero-order valence-corrected chi connectivity index (χ0v) is 11.5. The summed E-state index contributed by atoms with van der Waals surface area (Å²) in [4.78, 5) is 4.28. The molecular weight excluding hydrogens is 252 g/mol. The monoisotopic (exact) mass is 270 g/mol. The van der Waals surface area contributed by atoms with Crippen molar-refractivity contribution in [3.63, 3.8) is 0 Å². The number of nitrogen functional groups attached to an aromatic ring is 1. The molecule has 1 aromatic heterocycles. The summed E-state index contributed by atoms with van der Waals surface area (Å²) in [6.45, 7) is 6.22. The number of hydrogen-bond donors (Lipinski definition) is 1. The molecule has 0 saturated carbocycles. The van der Waals surface area contributed by atoms with Gasteiger partial charge in [0.1, 0.15) is 5.75 Å². The van der Waals surface area contributed by atoms with Crippen molar-refractivity contribution < 1.29 is 9.47 Å². The van der Waals surface area contributed by atoms with E-state index in [1.165, 1.54) is 0 Å². The summed E-state index contributed by atoms with van der Waals surface area (Å²) in [5, 5.41) is 0. The van der Waals surface area contributed by atoms with E-state index in [1.54, 1.807) is 18.2 Å². The molecule has 0 aliphatic rings. The van der Waals surface area contributed by atoms with Crippen molar-refractivity contribution in [2.45, 2.75) is 13.3 Å². The van der Waals surface area contributed by atoms with Crippen molar-refractivity contribution in [1.82, 2.24) is 4.98 Å². The zero-order valence-electron chi connectivity index (χ0n) is 11.5. The molecule has 0 bridgehead atoms. The number of benzene rings is 1.